The van der Waals surface area contributed by atoms with Gasteiger partial charge in [0, 0.05) is 9.75 Å². The quantitative estimate of drug-likeness (QED) is 0.843. The first kappa shape index (κ1) is 14.6. The van der Waals surface area contributed by atoms with Gasteiger partial charge in [0.15, 0.2) is 0 Å². The molecule has 1 heterocycles. The van der Waals surface area contributed by atoms with Gasteiger partial charge in [-0.15, -0.1) is 11.3 Å². The Morgan fingerprint density at radius 2 is 2.05 bits per heavy atom. The SMILES string of the molecule is CCOc1cccc(C(O)c2cc3c(s2)CCCCC3)c1. The van der Waals surface area contributed by atoms with Crippen LogP contribution in [0, 0.1) is 0 Å². The van der Waals surface area contributed by atoms with Crippen molar-refractivity contribution in [1.82, 2.24) is 0 Å². The van der Waals surface area contributed by atoms with Gasteiger partial charge in [-0.3, -0.25) is 0 Å². The van der Waals surface area contributed by atoms with E-state index in [0.29, 0.717) is 6.61 Å². The van der Waals surface area contributed by atoms with E-state index in [1.165, 1.54) is 36.1 Å². The maximum Gasteiger partial charge on any atom is 0.119 e. The van der Waals surface area contributed by atoms with Crippen LogP contribution >= 0.6 is 11.3 Å². The first-order valence-corrected chi connectivity index (χ1v) is 8.62. The summed E-state index contributed by atoms with van der Waals surface area (Å²) in [6.45, 7) is 2.62. The number of rotatable bonds is 4. The number of benzene rings is 1. The molecule has 0 saturated heterocycles. The molecule has 0 aliphatic heterocycles. The minimum absolute atomic E-state index is 0.540. The largest absolute Gasteiger partial charge is 0.494 e. The fraction of sp³-hybridized carbons (Fsp3) is 0.444. The molecule has 0 saturated carbocycles. The summed E-state index contributed by atoms with van der Waals surface area (Å²) in [7, 11) is 0. The highest BCUT2D eigenvalue weighted by Gasteiger charge is 2.18. The lowest BCUT2D eigenvalue weighted by Crippen LogP contribution is -1.99. The van der Waals surface area contributed by atoms with Crippen molar-refractivity contribution >= 4 is 11.3 Å². The number of ether oxygens (including phenoxy) is 1. The molecule has 1 atom stereocenters. The Kier molecular flexibility index (Phi) is 4.61. The predicted octanol–water partition coefficient (Wildman–Crippen LogP) is 4.50. The lowest BCUT2D eigenvalue weighted by molar-refractivity contribution is 0.223. The van der Waals surface area contributed by atoms with Crippen LogP contribution < -0.4 is 4.74 Å². The Balaban J connectivity index is 1.84. The second-order valence-corrected chi connectivity index (χ2v) is 6.73. The molecule has 112 valence electrons. The average Bonchev–Trinajstić information content (AvgIpc) is 2.78. The zero-order valence-electron chi connectivity index (χ0n) is 12.5. The van der Waals surface area contributed by atoms with E-state index in [4.69, 9.17) is 4.74 Å². The van der Waals surface area contributed by atoms with E-state index in [0.717, 1.165) is 22.6 Å². The van der Waals surface area contributed by atoms with Crippen LogP contribution in [0.25, 0.3) is 0 Å². The molecule has 1 aliphatic carbocycles. The Hall–Kier alpha value is -1.32. The maximum absolute atomic E-state index is 10.7. The monoisotopic (exact) mass is 302 g/mol. The first-order chi connectivity index (χ1) is 10.3. The van der Waals surface area contributed by atoms with Gasteiger partial charge in [-0.1, -0.05) is 18.6 Å². The summed E-state index contributed by atoms with van der Waals surface area (Å²) in [6, 6.07) is 10.0. The van der Waals surface area contributed by atoms with Crippen molar-refractivity contribution in [1.29, 1.82) is 0 Å². The van der Waals surface area contributed by atoms with Crippen LogP contribution in [0.5, 0.6) is 5.75 Å². The number of hydrogen-bond acceptors (Lipinski definition) is 3. The van der Waals surface area contributed by atoms with Crippen molar-refractivity contribution in [3.63, 3.8) is 0 Å². The molecule has 3 heteroatoms. The summed E-state index contributed by atoms with van der Waals surface area (Å²) in [4.78, 5) is 2.54. The van der Waals surface area contributed by atoms with Crippen LogP contribution in [-0.2, 0) is 12.8 Å². The van der Waals surface area contributed by atoms with Crippen LogP contribution in [0.2, 0.25) is 0 Å². The standard InChI is InChI=1S/C18H22O2S/c1-2-20-15-9-6-8-14(11-15)18(19)17-12-13-7-4-3-5-10-16(13)21-17/h6,8-9,11-12,18-19H,2-5,7,10H2,1H3. The van der Waals surface area contributed by atoms with Crippen molar-refractivity contribution < 1.29 is 9.84 Å². The molecule has 1 aliphatic rings. The summed E-state index contributed by atoms with van der Waals surface area (Å²) in [5, 5.41) is 10.7. The van der Waals surface area contributed by atoms with E-state index in [2.05, 4.69) is 6.07 Å². The second kappa shape index (κ2) is 6.63. The summed E-state index contributed by atoms with van der Waals surface area (Å²) in [5.74, 6) is 0.826. The van der Waals surface area contributed by atoms with Gasteiger partial charge in [-0.2, -0.15) is 0 Å². The summed E-state index contributed by atoms with van der Waals surface area (Å²) in [6.07, 6.45) is 5.68. The van der Waals surface area contributed by atoms with E-state index < -0.39 is 6.10 Å². The Morgan fingerprint density at radius 1 is 1.19 bits per heavy atom. The van der Waals surface area contributed by atoms with E-state index in [9.17, 15) is 5.11 Å². The third-order valence-corrected chi connectivity index (χ3v) is 5.31. The van der Waals surface area contributed by atoms with Crippen molar-refractivity contribution in [3.8, 4) is 5.75 Å². The van der Waals surface area contributed by atoms with Gasteiger partial charge in [0.05, 0.1) is 6.61 Å². The van der Waals surface area contributed by atoms with E-state index >= 15 is 0 Å². The molecule has 2 nitrogen and oxygen atoms in total. The highest BCUT2D eigenvalue weighted by atomic mass is 32.1. The summed E-state index contributed by atoms with van der Waals surface area (Å²) in [5.41, 5.74) is 2.37. The fourth-order valence-electron chi connectivity index (χ4n) is 2.93. The highest BCUT2D eigenvalue weighted by Crippen LogP contribution is 2.35. The zero-order valence-corrected chi connectivity index (χ0v) is 13.3. The third-order valence-electron chi connectivity index (χ3n) is 4.02. The molecule has 0 bridgehead atoms. The molecule has 2 aromatic rings. The minimum atomic E-state index is -0.540. The normalized spacial score (nSPS) is 16.1. The van der Waals surface area contributed by atoms with Crippen molar-refractivity contribution in [2.45, 2.75) is 45.1 Å². The highest BCUT2D eigenvalue weighted by molar-refractivity contribution is 7.12. The van der Waals surface area contributed by atoms with Crippen LogP contribution in [0.1, 0.15) is 53.2 Å². The molecule has 0 radical (unpaired) electrons. The van der Waals surface area contributed by atoms with Gasteiger partial charge in [-0.05, 0) is 61.9 Å². The molecule has 0 amide bonds. The zero-order chi connectivity index (χ0) is 14.7. The fourth-order valence-corrected chi connectivity index (χ4v) is 4.20. The molecule has 1 aromatic heterocycles. The van der Waals surface area contributed by atoms with Crippen LogP contribution in [0.4, 0.5) is 0 Å². The molecule has 1 aromatic carbocycles. The van der Waals surface area contributed by atoms with Gasteiger partial charge in [-0.25, -0.2) is 0 Å². The van der Waals surface area contributed by atoms with Crippen molar-refractivity contribution in [3.05, 3.63) is 51.2 Å². The van der Waals surface area contributed by atoms with Gasteiger partial charge in [0.25, 0.3) is 0 Å². The molecule has 0 fully saturated rings. The van der Waals surface area contributed by atoms with Gasteiger partial charge < -0.3 is 9.84 Å². The molecular weight excluding hydrogens is 280 g/mol. The number of aliphatic hydroxyl groups excluding tert-OH is 1. The Bertz CT molecular complexity index is 580. The van der Waals surface area contributed by atoms with Crippen LogP contribution in [0.3, 0.4) is 0 Å². The number of hydrogen-bond donors (Lipinski definition) is 1. The second-order valence-electron chi connectivity index (χ2n) is 5.57. The van der Waals surface area contributed by atoms with Crippen molar-refractivity contribution in [2.24, 2.45) is 0 Å². The molecule has 1 unspecified atom stereocenters. The topological polar surface area (TPSA) is 29.5 Å². The minimum Gasteiger partial charge on any atom is -0.494 e. The number of aryl methyl sites for hydroxylation is 2. The molecule has 1 N–H and O–H groups in total. The lowest BCUT2D eigenvalue weighted by Gasteiger charge is -2.11. The van der Waals surface area contributed by atoms with Gasteiger partial charge >= 0.3 is 0 Å². The maximum atomic E-state index is 10.7. The Morgan fingerprint density at radius 3 is 2.90 bits per heavy atom. The Labute approximate surface area is 130 Å². The van der Waals surface area contributed by atoms with Crippen LogP contribution in [-0.4, -0.2) is 11.7 Å². The summed E-state index contributed by atoms with van der Waals surface area (Å²) < 4.78 is 5.52. The van der Waals surface area contributed by atoms with Crippen molar-refractivity contribution in [2.75, 3.05) is 6.61 Å². The molecule has 0 spiro atoms. The van der Waals surface area contributed by atoms with E-state index in [-0.39, 0.29) is 0 Å². The number of thiophene rings is 1. The number of fused-ring (bicyclic) bond motifs is 1. The molecular formula is C18H22O2S. The summed E-state index contributed by atoms with van der Waals surface area (Å²) >= 11 is 1.78. The third kappa shape index (κ3) is 3.30. The molecule has 21 heavy (non-hydrogen) atoms. The smallest absolute Gasteiger partial charge is 0.119 e. The van der Waals surface area contributed by atoms with Gasteiger partial charge in [0.2, 0.25) is 0 Å². The lowest BCUT2D eigenvalue weighted by atomic mass is 10.1. The van der Waals surface area contributed by atoms with Gasteiger partial charge in [0.1, 0.15) is 11.9 Å². The average molecular weight is 302 g/mol. The first-order valence-electron chi connectivity index (χ1n) is 7.80. The van der Waals surface area contributed by atoms with E-state index in [1.807, 2.05) is 31.2 Å². The predicted molar refractivity (Wildman–Crippen MR) is 87.3 cm³/mol. The van der Waals surface area contributed by atoms with Crippen LogP contribution in [0.15, 0.2) is 30.3 Å². The molecule has 3 rings (SSSR count). The number of aliphatic hydroxyl groups is 1. The van der Waals surface area contributed by atoms with E-state index in [1.54, 1.807) is 11.3 Å².